The molecule has 0 aliphatic carbocycles. The molecule has 7 nitrogen and oxygen atoms in total. The van der Waals surface area contributed by atoms with Gasteiger partial charge in [-0.2, -0.15) is 0 Å². The molecule has 0 bridgehead atoms. The van der Waals surface area contributed by atoms with Gasteiger partial charge in [0.1, 0.15) is 5.82 Å². The zero-order valence-corrected chi connectivity index (χ0v) is 13.6. The largest absolute Gasteiger partial charge is 0.370 e. The maximum absolute atomic E-state index is 12.0. The number of pyridine rings is 1. The number of sulfonamides is 1. The topological polar surface area (TPSA) is 100 Å². The molecule has 0 spiro atoms. The Hall–Kier alpha value is -1.19. The smallest absolute Gasteiger partial charge is 0.255 e. The third-order valence-corrected chi connectivity index (χ3v) is 3.38. The van der Waals surface area contributed by atoms with Gasteiger partial charge in [-0.05, 0) is 28.9 Å². The highest BCUT2D eigenvalue weighted by Crippen LogP contribution is 2.17. The van der Waals surface area contributed by atoms with Gasteiger partial charge < -0.3 is 10.6 Å². The van der Waals surface area contributed by atoms with Crippen molar-refractivity contribution >= 4 is 37.7 Å². The first-order chi connectivity index (χ1) is 9.33. The summed E-state index contributed by atoms with van der Waals surface area (Å²) in [5.74, 6) is 0.175. The lowest BCUT2D eigenvalue weighted by Crippen LogP contribution is -2.34. The van der Waals surface area contributed by atoms with Crippen LogP contribution in [-0.2, 0) is 10.0 Å². The first kappa shape index (κ1) is 16.9. The highest BCUT2D eigenvalue weighted by atomic mass is 79.9. The van der Waals surface area contributed by atoms with Crippen LogP contribution in [0.5, 0.6) is 0 Å². The molecule has 0 unspecified atom stereocenters. The number of anilines is 1. The first-order valence-electron chi connectivity index (χ1n) is 5.95. The Labute approximate surface area is 126 Å². The van der Waals surface area contributed by atoms with Crippen LogP contribution in [0.3, 0.4) is 0 Å². The van der Waals surface area contributed by atoms with Crippen molar-refractivity contribution in [1.29, 1.82) is 0 Å². The van der Waals surface area contributed by atoms with E-state index in [1.165, 1.54) is 0 Å². The van der Waals surface area contributed by atoms with E-state index in [9.17, 15) is 13.2 Å². The molecule has 0 aromatic carbocycles. The summed E-state index contributed by atoms with van der Waals surface area (Å²) in [5.41, 5.74) is 0.403. The van der Waals surface area contributed by atoms with Gasteiger partial charge in [-0.25, -0.2) is 18.1 Å². The number of nitrogens with one attached hydrogen (secondary N) is 3. The molecule has 1 rings (SSSR count). The summed E-state index contributed by atoms with van der Waals surface area (Å²) in [6, 6.07) is 1.66. The normalized spacial score (nSPS) is 11.2. The van der Waals surface area contributed by atoms with Crippen molar-refractivity contribution in [3.8, 4) is 0 Å². The molecule has 0 aliphatic heterocycles. The highest BCUT2D eigenvalue weighted by Gasteiger charge is 2.12. The number of carbonyl (C=O) groups excluding carboxylic acids is 1. The number of hydrogen-bond donors (Lipinski definition) is 3. The molecule has 0 aliphatic rings. The molecule has 20 heavy (non-hydrogen) atoms. The fourth-order valence-electron chi connectivity index (χ4n) is 1.43. The van der Waals surface area contributed by atoms with E-state index in [-0.39, 0.29) is 19.0 Å². The molecule has 112 valence electrons. The van der Waals surface area contributed by atoms with E-state index in [0.717, 1.165) is 6.26 Å². The number of carbonyl (C=O) groups is 1. The average molecular weight is 365 g/mol. The lowest BCUT2D eigenvalue weighted by molar-refractivity contribution is 0.0954. The third-order valence-electron chi connectivity index (χ3n) is 2.22. The molecule has 1 heterocycles. The summed E-state index contributed by atoms with van der Waals surface area (Å²) in [6.45, 7) is 2.89. The number of halogens is 1. The monoisotopic (exact) mass is 364 g/mol. The van der Waals surface area contributed by atoms with Crippen molar-refractivity contribution in [2.24, 2.45) is 0 Å². The van der Waals surface area contributed by atoms with Crippen LogP contribution in [0.25, 0.3) is 0 Å². The molecule has 9 heteroatoms. The molecule has 0 atom stereocenters. The summed E-state index contributed by atoms with van der Waals surface area (Å²) < 4.78 is 24.7. The van der Waals surface area contributed by atoms with Crippen LogP contribution in [0.2, 0.25) is 0 Å². The predicted octanol–water partition coefficient (Wildman–Crippen LogP) is 0.555. The molecule has 0 radical (unpaired) electrons. The van der Waals surface area contributed by atoms with Crippen molar-refractivity contribution < 1.29 is 13.2 Å². The van der Waals surface area contributed by atoms with Crippen molar-refractivity contribution in [2.75, 3.05) is 31.2 Å². The number of nitrogens with zero attached hydrogens (tertiary/aromatic N) is 1. The molecular weight excluding hydrogens is 348 g/mol. The fourth-order valence-corrected chi connectivity index (χ4v) is 2.23. The molecule has 1 amide bonds. The minimum atomic E-state index is -3.24. The van der Waals surface area contributed by atoms with E-state index < -0.39 is 10.0 Å². The van der Waals surface area contributed by atoms with Crippen molar-refractivity contribution in [2.45, 2.75) is 6.92 Å². The third kappa shape index (κ3) is 5.85. The van der Waals surface area contributed by atoms with Crippen molar-refractivity contribution in [1.82, 2.24) is 15.0 Å². The van der Waals surface area contributed by atoms with Gasteiger partial charge in [0, 0.05) is 30.3 Å². The number of aromatic nitrogens is 1. The number of rotatable bonds is 7. The molecule has 1 aromatic heterocycles. The average Bonchev–Trinajstić information content (AvgIpc) is 2.35. The van der Waals surface area contributed by atoms with Gasteiger partial charge in [-0.1, -0.05) is 0 Å². The van der Waals surface area contributed by atoms with Gasteiger partial charge >= 0.3 is 0 Å². The van der Waals surface area contributed by atoms with Crippen LogP contribution in [0.15, 0.2) is 16.7 Å². The van der Waals surface area contributed by atoms with E-state index in [1.807, 2.05) is 6.92 Å². The lowest BCUT2D eigenvalue weighted by atomic mass is 10.2. The summed E-state index contributed by atoms with van der Waals surface area (Å²) in [7, 11) is -3.24. The zero-order chi connectivity index (χ0) is 15.2. The second-order valence-electron chi connectivity index (χ2n) is 4.00. The van der Waals surface area contributed by atoms with Crippen molar-refractivity contribution in [3.63, 3.8) is 0 Å². The molecule has 3 N–H and O–H groups in total. The molecule has 0 saturated heterocycles. The second-order valence-corrected chi connectivity index (χ2v) is 6.75. The van der Waals surface area contributed by atoms with Gasteiger partial charge in [0.2, 0.25) is 10.0 Å². The second kappa shape index (κ2) is 7.55. The van der Waals surface area contributed by atoms with Gasteiger partial charge in [0.15, 0.2) is 0 Å². The predicted molar refractivity (Wildman–Crippen MR) is 81.3 cm³/mol. The van der Waals surface area contributed by atoms with Crippen LogP contribution in [-0.4, -0.2) is 45.2 Å². The summed E-state index contributed by atoms with van der Waals surface area (Å²) in [4.78, 5) is 16.2. The minimum Gasteiger partial charge on any atom is -0.370 e. The first-order valence-corrected chi connectivity index (χ1v) is 8.64. The zero-order valence-electron chi connectivity index (χ0n) is 11.2. The molecular formula is C11H17BrN4O3S. The molecule has 0 fully saturated rings. The quantitative estimate of drug-likeness (QED) is 0.613. The SMILES string of the molecule is CCNc1ncc(Br)cc1C(=O)NCCNS(C)(=O)=O. The molecule has 1 aromatic rings. The van der Waals surface area contributed by atoms with Crippen LogP contribution in [0, 0.1) is 0 Å². The standard InChI is InChI=1S/C11H17BrN4O3S/c1-3-13-10-9(6-8(12)7-15-10)11(17)14-4-5-16-20(2,18)19/h6-7,16H,3-5H2,1-2H3,(H,13,15)(H,14,17). The van der Waals surface area contributed by atoms with Gasteiger partial charge in [-0.3, -0.25) is 4.79 Å². The summed E-state index contributed by atoms with van der Waals surface area (Å²) in [6.07, 6.45) is 2.66. The minimum absolute atomic E-state index is 0.141. The Bertz CT molecular complexity index is 577. The van der Waals surface area contributed by atoms with Gasteiger partial charge in [-0.15, -0.1) is 0 Å². The van der Waals surface area contributed by atoms with Crippen LogP contribution >= 0.6 is 15.9 Å². The highest BCUT2D eigenvalue weighted by molar-refractivity contribution is 9.10. The van der Waals surface area contributed by atoms with E-state index in [2.05, 4.69) is 36.3 Å². The van der Waals surface area contributed by atoms with E-state index in [4.69, 9.17) is 0 Å². The Balaban J connectivity index is 2.65. The van der Waals surface area contributed by atoms with Crippen molar-refractivity contribution in [3.05, 3.63) is 22.3 Å². The van der Waals surface area contributed by atoms with Gasteiger partial charge in [0.25, 0.3) is 5.91 Å². The summed E-state index contributed by atoms with van der Waals surface area (Å²) >= 11 is 3.26. The fraction of sp³-hybridized carbons (Fsp3) is 0.455. The van der Waals surface area contributed by atoms with Crippen LogP contribution < -0.4 is 15.4 Å². The van der Waals surface area contributed by atoms with Crippen LogP contribution in [0.1, 0.15) is 17.3 Å². The van der Waals surface area contributed by atoms with Crippen LogP contribution in [0.4, 0.5) is 5.82 Å². The Morgan fingerprint density at radius 1 is 1.40 bits per heavy atom. The number of amides is 1. The Morgan fingerprint density at radius 3 is 2.70 bits per heavy atom. The number of hydrogen-bond acceptors (Lipinski definition) is 5. The maximum Gasteiger partial charge on any atom is 0.255 e. The van der Waals surface area contributed by atoms with E-state index >= 15 is 0 Å². The maximum atomic E-state index is 12.0. The lowest BCUT2D eigenvalue weighted by Gasteiger charge is -2.10. The van der Waals surface area contributed by atoms with E-state index in [0.29, 0.717) is 22.4 Å². The van der Waals surface area contributed by atoms with E-state index in [1.54, 1.807) is 12.3 Å². The molecule has 0 saturated carbocycles. The van der Waals surface area contributed by atoms with Gasteiger partial charge in [0.05, 0.1) is 11.8 Å². The summed E-state index contributed by atoms with van der Waals surface area (Å²) in [5, 5.41) is 5.63. The Morgan fingerprint density at radius 2 is 2.10 bits per heavy atom. The Kier molecular flexibility index (Phi) is 6.37.